The SMILES string of the molecule is O=C(Pc1ccccc1)c1c(Cl)cc(Cl)cc1Cl.[H-].[Li+]. The van der Waals surface area contributed by atoms with E-state index in [4.69, 9.17) is 34.8 Å². The van der Waals surface area contributed by atoms with Gasteiger partial charge in [-0.2, -0.15) is 0 Å². The molecule has 2 rings (SSSR count). The van der Waals surface area contributed by atoms with Gasteiger partial charge in [0.2, 0.25) is 0 Å². The molecular weight excluding hydrogens is 316 g/mol. The van der Waals surface area contributed by atoms with Crippen LogP contribution in [-0.4, -0.2) is 5.52 Å². The van der Waals surface area contributed by atoms with Gasteiger partial charge < -0.3 is 1.43 Å². The molecule has 1 nitrogen and oxygen atoms in total. The van der Waals surface area contributed by atoms with E-state index in [1.165, 1.54) is 12.1 Å². The van der Waals surface area contributed by atoms with Crippen LogP contribution >= 0.6 is 43.4 Å². The molecule has 19 heavy (non-hydrogen) atoms. The van der Waals surface area contributed by atoms with Gasteiger partial charge in [0.25, 0.3) is 0 Å². The number of carbonyl (C=O) groups is 1. The molecule has 0 aromatic heterocycles. The summed E-state index contributed by atoms with van der Waals surface area (Å²) in [4.78, 5) is 12.2. The van der Waals surface area contributed by atoms with Crippen LogP contribution in [0.5, 0.6) is 0 Å². The van der Waals surface area contributed by atoms with Gasteiger partial charge in [0, 0.05) is 5.02 Å². The third kappa shape index (κ3) is 4.50. The van der Waals surface area contributed by atoms with Crippen LogP contribution < -0.4 is 24.2 Å². The van der Waals surface area contributed by atoms with Crippen molar-refractivity contribution >= 4 is 54.2 Å². The first-order valence-electron chi connectivity index (χ1n) is 5.09. The average Bonchev–Trinajstić information content (AvgIpc) is 2.28. The molecule has 0 bridgehead atoms. The first-order chi connectivity index (χ1) is 8.58. The first kappa shape index (κ1) is 17.1. The molecule has 1 unspecified atom stereocenters. The molecule has 0 fully saturated rings. The van der Waals surface area contributed by atoms with Gasteiger partial charge in [-0.25, -0.2) is 0 Å². The van der Waals surface area contributed by atoms with Gasteiger partial charge in [0.1, 0.15) is 0 Å². The summed E-state index contributed by atoms with van der Waals surface area (Å²) in [5.41, 5.74) is 0.248. The summed E-state index contributed by atoms with van der Waals surface area (Å²) in [6.07, 6.45) is 0. The van der Waals surface area contributed by atoms with Crippen LogP contribution in [0.25, 0.3) is 0 Å². The predicted octanol–water partition coefficient (Wildman–Crippen LogP) is 1.91. The molecule has 0 amide bonds. The van der Waals surface area contributed by atoms with Crippen LogP contribution in [0.4, 0.5) is 0 Å². The van der Waals surface area contributed by atoms with Crippen molar-refractivity contribution in [3.8, 4) is 0 Å². The van der Waals surface area contributed by atoms with Crippen LogP contribution in [-0.2, 0) is 0 Å². The molecule has 0 spiro atoms. The van der Waals surface area contributed by atoms with Gasteiger partial charge in [-0.05, 0) is 26.0 Å². The quantitative estimate of drug-likeness (QED) is 0.622. The molecule has 94 valence electrons. The standard InChI is InChI=1S/C13H8Cl3OP.Li.H/c14-8-6-10(15)12(11(16)7-8)13(17)18-9-4-2-1-3-5-9;;/h1-7,18H;;/q;+1;-1. The maximum Gasteiger partial charge on any atom is 1.00 e. The van der Waals surface area contributed by atoms with E-state index in [0.717, 1.165) is 5.30 Å². The molecule has 0 aliphatic rings. The average molecular weight is 325 g/mol. The van der Waals surface area contributed by atoms with Gasteiger partial charge in [-0.3, -0.25) is 4.79 Å². The summed E-state index contributed by atoms with van der Waals surface area (Å²) < 4.78 is 0. The molecule has 6 heteroatoms. The number of hydrogen-bond donors (Lipinski definition) is 0. The van der Waals surface area contributed by atoms with Crippen molar-refractivity contribution in [3.05, 3.63) is 63.1 Å². The molecule has 0 aliphatic carbocycles. The van der Waals surface area contributed by atoms with Gasteiger partial charge in [-0.1, -0.05) is 65.1 Å². The fraction of sp³-hybridized carbons (Fsp3) is 0. The van der Waals surface area contributed by atoms with Crippen LogP contribution in [0.1, 0.15) is 11.8 Å². The zero-order chi connectivity index (χ0) is 13.1. The maximum absolute atomic E-state index is 12.2. The number of halogens is 3. The minimum absolute atomic E-state index is 0. The minimum Gasteiger partial charge on any atom is -1.00 e. The van der Waals surface area contributed by atoms with Crippen LogP contribution in [0.15, 0.2) is 42.5 Å². The summed E-state index contributed by atoms with van der Waals surface area (Å²) in [6.45, 7) is 0. The minimum atomic E-state index is -0.0899. The van der Waals surface area contributed by atoms with Crippen molar-refractivity contribution in [2.75, 3.05) is 0 Å². The van der Waals surface area contributed by atoms with Crippen molar-refractivity contribution in [2.24, 2.45) is 0 Å². The second-order valence-electron chi connectivity index (χ2n) is 3.56. The van der Waals surface area contributed by atoms with E-state index in [1.54, 1.807) is 0 Å². The first-order valence-corrected chi connectivity index (χ1v) is 7.22. The van der Waals surface area contributed by atoms with Gasteiger partial charge >= 0.3 is 18.9 Å². The summed E-state index contributed by atoms with van der Waals surface area (Å²) >= 11 is 17.8. The second kappa shape index (κ2) is 7.70. The van der Waals surface area contributed by atoms with Crippen LogP contribution in [0, 0.1) is 0 Å². The molecule has 0 N–H and O–H groups in total. The van der Waals surface area contributed by atoms with E-state index in [2.05, 4.69) is 0 Å². The van der Waals surface area contributed by atoms with E-state index in [-0.39, 0.29) is 34.4 Å². The van der Waals surface area contributed by atoms with E-state index >= 15 is 0 Å². The third-order valence-electron chi connectivity index (χ3n) is 2.27. The summed E-state index contributed by atoms with van der Waals surface area (Å²) in [5.74, 6) is 0. The fourth-order valence-electron chi connectivity index (χ4n) is 1.47. The molecule has 2 aromatic carbocycles. The number of carbonyl (C=O) groups excluding carboxylic acids is 1. The van der Waals surface area contributed by atoms with Crippen LogP contribution in [0.3, 0.4) is 0 Å². The maximum atomic E-state index is 12.2. The van der Waals surface area contributed by atoms with Crippen molar-refractivity contribution in [1.82, 2.24) is 0 Å². The Hall–Kier alpha value is 0.00740. The molecule has 0 heterocycles. The van der Waals surface area contributed by atoms with E-state index in [1.807, 2.05) is 30.3 Å². The summed E-state index contributed by atoms with van der Waals surface area (Å²) in [5, 5.41) is 1.95. The zero-order valence-electron chi connectivity index (χ0n) is 11.1. The van der Waals surface area contributed by atoms with Gasteiger partial charge in [0.15, 0.2) is 5.52 Å². The fourth-order valence-corrected chi connectivity index (χ4v) is 3.64. The number of hydrogen-bond acceptors (Lipinski definition) is 1. The number of rotatable bonds is 3. The normalized spacial score (nSPS) is 10.5. The predicted molar refractivity (Wildman–Crippen MR) is 81.3 cm³/mol. The van der Waals surface area contributed by atoms with Crippen molar-refractivity contribution in [1.29, 1.82) is 0 Å². The summed E-state index contributed by atoms with van der Waals surface area (Å²) in [6, 6.07) is 12.5. The van der Waals surface area contributed by atoms with E-state index in [9.17, 15) is 4.79 Å². The van der Waals surface area contributed by atoms with E-state index < -0.39 is 0 Å². The van der Waals surface area contributed by atoms with Crippen molar-refractivity contribution in [3.63, 3.8) is 0 Å². The Balaban J connectivity index is 0.00000180. The van der Waals surface area contributed by atoms with Crippen molar-refractivity contribution in [2.45, 2.75) is 0 Å². The van der Waals surface area contributed by atoms with Gasteiger partial charge in [0.05, 0.1) is 15.6 Å². The molecule has 1 atom stereocenters. The Morgan fingerprint density at radius 3 is 2.05 bits per heavy atom. The Morgan fingerprint density at radius 1 is 1.00 bits per heavy atom. The molecule has 0 aliphatic heterocycles. The molecule has 2 aromatic rings. The second-order valence-corrected chi connectivity index (χ2v) is 6.10. The third-order valence-corrected chi connectivity index (χ3v) is 4.18. The monoisotopic (exact) mass is 324 g/mol. The Labute approximate surface area is 142 Å². The topological polar surface area (TPSA) is 17.1 Å². The largest absolute Gasteiger partial charge is 1.00 e. The van der Waals surface area contributed by atoms with Crippen LogP contribution in [0.2, 0.25) is 15.1 Å². The van der Waals surface area contributed by atoms with Crippen molar-refractivity contribution < 1.29 is 25.1 Å². The molecule has 0 saturated heterocycles. The van der Waals surface area contributed by atoms with E-state index in [0.29, 0.717) is 20.6 Å². The Bertz CT molecular complexity index is 572. The summed E-state index contributed by atoms with van der Waals surface area (Å²) in [7, 11) is -0.00562. The molecular formula is C13H9Cl3LiOP. The molecule has 0 saturated carbocycles. The Kier molecular flexibility index (Phi) is 6.91. The smallest absolute Gasteiger partial charge is 1.00 e. The Morgan fingerprint density at radius 2 is 1.53 bits per heavy atom. The number of benzene rings is 2. The molecule has 0 radical (unpaired) electrons. The zero-order valence-corrected chi connectivity index (χ0v) is 13.4. The van der Waals surface area contributed by atoms with Gasteiger partial charge in [-0.15, -0.1) is 0 Å².